The minimum absolute atomic E-state index is 0.242. The number of hydrogen-bond donors (Lipinski definition) is 0. The van der Waals surface area contributed by atoms with E-state index in [0.29, 0.717) is 13.0 Å². The van der Waals surface area contributed by atoms with Crippen LogP contribution >= 0.6 is 0 Å². The Hall–Kier alpha value is -2.10. The van der Waals surface area contributed by atoms with E-state index < -0.39 is 5.97 Å². The molecule has 0 N–H and O–H groups in total. The van der Waals surface area contributed by atoms with Crippen LogP contribution in [-0.2, 0) is 19.1 Å². The number of methoxy groups -OCH3 is 1. The Morgan fingerprint density at radius 3 is 2.42 bits per heavy atom. The number of rotatable bonds is 6. The first kappa shape index (κ1) is 15.0. The predicted molar refractivity (Wildman–Crippen MR) is 72.3 cm³/mol. The van der Waals surface area contributed by atoms with Crippen LogP contribution in [-0.4, -0.2) is 25.7 Å². The van der Waals surface area contributed by atoms with Gasteiger partial charge in [0.15, 0.2) is 0 Å². The molecule has 0 saturated carbocycles. The van der Waals surface area contributed by atoms with Crippen LogP contribution in [0.25, 0.3) is 5.57 Å². The van der Waals surface area contributed by atoms with E-state index in [2.05, 4.69) is 4.74 Å². The standard InChI is InChI=1S/C15H18O4/c1-3-19-14(16)10-9-13(11-15(17)18-2)12-7-5-4-6-8-12/h4-8,11H,3,9-10H2,1-2H3/b13-11-. The van der Waals surface area contributed by atoms with Crippen molar-refractivity contribution < 1.29 is 19.1 Å². The average molecular weight is 262 g/mol. The van der Waals surface area contributed by atoms with E-state index >= 15 is 0 Å². The van der Waals surface area contributed by atoms with E-state index in [9.17, 15) is 9.59 Å². The van der Waals surface area contributed by atoms with Crippen molar-refractivity contribution in [3.63, 3.8) is 0 Å². The largest absolute Gasteiger partial charge is 0.466 e. The van der Waals surface area contributed by atoms with Crippen molar-refractivity contribution in [2.45, 2.75) is 19.8 Å². The lowest BCUT2D eigenvalue weighted by Gasteiger charge is -2.07. The van der Waals surface area contributed by atoms with E-state index in [0.717, 1.165) is 11.1 Å². The van der Waals surface area contributed by atoms with Gasteiger partial charge >= 0.3 is 11.9 Å². The zero-order valence-electron chi connectivity index (χ0n) is 11.2. The molecule has 0 spiro atoms. The summed E-state index contributed by atoms with van der Waals surface area (Å²) in [5.74, 6) is -0.697. The summed E-state index contributed by atoms with van der Waals surface area (Å²) >= 11 is 0. The summed E-state index contributed by atoms with van der Waals surface area (Å²) in [7, 11) is 1.33. The smallest absolute Gasteiger partial charge is 0.330 e. The number of ether oxygens (including phenoxy) is 2. The molecule has 0 saturated heterocycles. The molecule has 1 aromatic rings. The minimum Gasteiger partial charge on any atom is -0.466 e. The Kier molecular flexibility index (Phi) is 6.36. The molecule has 1 rings (SSSR count). The van der Waals surface area contributed by atoms with Crippen molar-refractivity contribution in [3.05, 3.63) is 42.0 Å². The van der Waals surface area contributed by atoms with Crippen LogP contribution in [0, 0.1) is 0 Å². The molecule has 19 heavy (non-hydrogen) atoms. The molecule has 0 aliphatic heterocycles. The van der Waals surface area contributed by atoms with Crippen LogP contribution in [0.4, 0.5) is 0 Å². The summed E-state index contributed by atoms with van der Waals surface area (Å²) in [5.41, 5.74) is 1.66. The van der Waals surface area contributed by atoms with E-state index in [1.54, 1.807) is 6.92 Å². The molecule has 0 amide bonds. The highest BCUT2D eigenvalue weighted by molar-refractivity contribution is 5.91. The number of carbonyl (C=O) groups is 2. The Morgan fingerprint density at radius 1 is 1.16 bits per heavy atom. The number of benzene rings is 1. The molecule has 0 aliphatic rings. The normalized spacial score (nSPS) is 10.9. The Labute approximate surface area is 113 Å². The molecule has 0 fully saturated rings. The molecular formula is C15H18O4. The maximum absolute atomic E-state index is 11.4. The van der Waals surface area contributed by atoms with Crippen LogP contribution in [0.2, 0.25) is 0 Å². The van der Waals surface area contributed by atoms with Crippen LogP contribution in [0.5, 0.6) is 0 Å². The highest BCUT2D eigenvalue weighted by Crippen LogP contribution is 2.20. The van der Waals surface area contributed by atoms with Gasteiger partial charge in [0.25, 0.3) is 0 Å². The zero-order chi connectivity index (χ0) is 14.1. The van der Waals surface area contributed by atoms with Crippen molar-refractivity contribution in [2.24, 2.45) is 0 Å². The van der Waals surface area contributed by atoms with Crippen molar-refractivity contribution in [1.29, 1.82) is 0 Å². The first-order chi connectivity index (χ1) is 9.17. The fourth-order valence-corrected chi connectivity index (χ4v) is 1.62. The first-order valence-corrected chi connectivity index (χ1v) is 6.17. The second-order valence-electron chi connectivity index (χ2n) is 3.86. The Morgan fingerprint density at radius 2 is 1.84 bits per heavy atom. The maximum atomic E-state index is 11.4. The van der Waals surface area contributed by atoms with Crippen LogP contribution in [0.3, 0.4) is 0 Å². The third kappa shape index (κ3) is 5.38. The molecule has 0 atom stereocenters. The predicted octanol–water partition coefficient (Wildman–Crippen LogP) is 2.59. The highest BCUT2D eigenvalue weighted by atomic mass is 16.5. The molecule has 0 bridgehead atoms. The molecule has 0 heterocycles. The Bertz CT molecular complexity index is 448. The lowest BCUT2D eigenvalue weighted by Crippen LogP contribution is -2.05. The fourth-order valence-electron chi connectivity index (χ4n) is 1.62. The average Bonchev–Trinajstić information content (AvgIpc) is 2.44. The number of esters is 2. The molecule has 102 valence electrons. The van der Waals surface area contributed by atoms with Crippen molar-refractivity contribution in [1.82, 2.24) is 0 Å². The molecule has 4 heteroatoms. The van der Waals surface area contributed by atoms with E-state index in [1.807, 2.05) is 30.3 Å². The summed E-state index contributed by atoms with van der Waals surface area (Å²) in [6.45, 7) is 2.13. The van der Waals surface area contributed by atoms with Gasteiger partial charge < -0.3 is 9.47 Å². The van der Waals surface area contributed by atoms with Gasteiger partial charge in [0, 0.05) is 12.5 Å². The third-order valence-corrected chi connectivity index (χ3v) is 2.54. The topological polar surface area (TPSA) is 52.6 Å². The van der Waals surface area contributed by atoms with Gasteiger partial charge in [0.1, 0.15) is 0 Å². The molecular weight excluding hydrogens is 244 g/mol. The summed E-state index contributed by atoms with van der Waals surface area (Å²) < 4.78 is 9.50. The summed E-state index contributed by atoms with van der Waals surface area (Å²) in [5, 5.41) is 0. The number of hydrogen-bond acceptors (Lipinski definition) is 4. The van der Waals surface area contributed by atoms with Crippen LogP contribution in [0.1, 0.15) is 25.3 Å². The molecule has 0 unspecified atom stereocenters. The van der Waals surface area contributed by atoms with Gasteiger partial charge in [-0.05, 0) is 24.5 Å². The van der Waals surface area contributed by atoms with Crippen LogP contribution in [0.15, 0.2) is 36.4 Å². The maximum Gasteiger partial charge on any atom is 0.330 e. The van der Waals surface area contributed by atoms with E-state index in [1.165, 1.54) is 13.2 Å². The van der Waals surface area contributed by atoms with Gasteiger partial charge in [-0.3, -0.25) is 4.79 Å². The van der Waals surface area contributed by atoms with Crippen LogP contribution < -0.4 is 0 Å². The van der Waals surface area contributed by atoms with Gasteiger partial charge in [-0.2, -0.15) is 0 Å². The summed E-state index contributed by atoms with van der Waals surface area (Å²) in [6, 6.07) is 9.43. The van der Waals surface area contributed by atoms with E-state index in [4.69, 9.17) is 4.74 Å². The van der Waals surface area contributed by atoms with Gasteiger partial charge in [-0.15, -0.1) is 0 Å². The molecule has 4 nitrogen and oxygen atoms in total. The molecule has 0 radical (unpaired) electrons. The lowest BCUT2D eigenvalue weighted by atomic mass is 10.0. The number of allylic oxidation sites excluding steroid dienone is 1. The third-order valence-electron chi connectivity index (χ3n) is 2.54. The molecule has 0 aromatic heterocycles. The monoisotopic (exact) mass is 262 g/mol. The van der Waals surface area contributed by atoms with E-state index in [-0.39, 0.29) is 12.4 Å². The Balaban J connectivity index is 2.80. The van der Waals surface area contributed by atoms with Gasteiger partial charge in [-0.1, -0.05) is 30.3 Å². The van der Waals surface area contributed by atoms with Crippen molar-refractivity contribution >= 4 is 17.5 Å². The van der Waals surface area contributed by atoms with Crippen molar-refractivity contribution in [2.75, 3.05) is 13.7 Å². The summed E-state index contributed by atoms with van der Waals surface area (Å²) in [6.07, 6.45) is 2.10. The lowest BCUT2D eigenvalue weighted by molar-refractivity contribution is -0.143. The second-order valence-corrected chi connectivity index (χ2v) is 3.86. The van der Waals surface area contributed by atoms with Gasteiger partial charge in [0.05, 0.1) is 13.7 Å². The van der Waals surface area contributed by atoms with Gasteiger partial charge in [-0.25, -0.2) is 4.79 Å². The van der Waals surface area contributed by atoms with Gasteiger partial charge in [0.2, 0.25) is 0 Å². The minimum atomic E-state index is -0.428. The fraction of sp³-hybridized carbons (Fsp3) is 0.333. The first-order valence-electron chi connectivity index (χ1n) is 6.17. The molecule has 0 aliphatic carbocycles. The molecule has 1 aromatic carbocycles. The quantitative estimate of drug-likeness (QED) is 0.584. The zero-order valence-corrected chi connectivity index (χ0v) is 11.2. The second kappa shape index (κ2) is 8.08. The number of carbonyl (C=O) groups excluding carboxylic acids is 2. The SMILES string of the molecule is CCOC(=O)CC/C(=C/C(=O)OC)c1ccccc1. The summed E-state index contributed by atoms with van der Waals surface area (Å²) in [4.78, 5) is 22.7. The van der Waals surface area contributed by atoms with Crippen molar-refractivity contribution in [3.8, 4) is 0 Å². The highest BCUT2D eigenvalue weighted by Gasteiger charge is 2.09.